The van der Waals surface area contributed by atoms with Crippen LogP contribution in [-0.4, -0.2) is 27.9 Å². The number of benzene rings is 1. The summed E-state index contributed by atoms with van der Waals surface area (Å²) in [7, 11) is 0. The van der Waals surface area contributed by atoms with E-state index in [2.05, 4.69) is 9.99 Å². The molecule has 6 nitrogen and oxygen atoms in total. The Hall–Kier alpha value is -2.63. The van der Waals surface area contributed by atoms with Crippen molar-refractivity contribution in [3.8, 4) is 0 Å². The minimum Gasteiger partial charge on any atom is -0.443 e. The minimum atomic E-state index is -0.624. The third kappa shape index (κ3) is 3.97. The summed E-state index contributed by atoms with van der Waals surface area (Å²) in [5, 5.41) is 4.63. The molecule has 0 fully saturated rings. The molecule has 122 valence electrons. The number of aromatic nitrogens is 1. The van der Waals surface area contributed by atoms with Crippen LogP contribution in [0.25, 0.3) is 10.9 Å². The number of oxime groups is 1. The molecule has 0 aliphatic heterocycles. The third-order valence-corrected chi connectivity index (χ3v) is 2.97. The van der Waals surface area contributed by atoms with Gasteiger partial charge in [-0.2, -0.15) is 0 Å². The van der Waals surface area contributed by atoms with Gasteiger partial charge in [0.25, 0.3) is 0 Å². The van der Waals surface area contributed by atoms with Crippen molar-refractivity contribution in [2.75, 3.05) is 0 Å². The number of carbonyl (C=O) groups excluding carboxylic acids is 2. The van der Waals surface area contributed by atoms with Crippen LogP contribution in [0, 0.1) is 0 Å². The number of fused-ring (bicyclic) bond motifs is 1. The molecule has 2 aromatic rings. The molecule has 0 bridgehead atoms. The summed E-state index contributed by atoms with van der Waals surface area (Å²) >= 11 is 0. The zero-order valence-corrected chi connectivity index (χ0v) is 13.9. The van der Waals surface area contributed by atoms with E-state index in [-0.39, 0.29) is 0 Å². The number of rotatable bonds is 2. The van der Waals surface area contributed by atoms with Gasteiger partial charge in [-0.15, -0.1) is 0 Å². The van der Waals surface area contributed by atoms with Crippen LogP contribution in [0.15, 0.2) is 35.5 Å². The van der Waals surface area contributed by atoms with E-state index in [9.17, 15) is 9.59 Å². The van der Waals surface area contributed by atoms with Crippen LogP contribution in [0.4, 0.5) is 4.79 Å². The van der Waals surface area contributed by atoms with Crippen molar-refractivity contribution in [1.29, 1.82) is 0 Å². The van der Waals surface area contributed by atoms with Gasteiger partial charge in [0.2, 0.25) is 0 Å². The maximum Gasteiger partial charge on any atom is 0.419 e. The van der Waals surface area contributed by atoms with Crippen LogP contribution in [0.1, 0.15) is 40.3 Å². The first-order chi connectivity index (χ1) is 10.7. The van der Waals surface area contributed by atoms with Crippen molar-refractivity contribution in [2.45, 2.75) is 40.2 Å². The Morgan fingerprint density at radius 2 is 1.78 bits per heavy atom. The Balaban J connectivity index is 2.56. The second kappa shape index (κ2) is 6.24. The Bertz CT molecular complexity index is 781. The molecule has 0 unspecified atom stereocenters. The predicted molar refractivity (Wildman–Crippen MR) is 87.5 cm³/mol. The van der Waals surface area contributed by atoms with E-state index >= 15 is 0 Å². The zero-order valence-electron chi connectivity index (χ0n) is 13.9. The summed E-state index contributed by atoms with van der Waals surface area (Å²) in [5.41, 5.74) is 0.999. The predicted octanol–water partition coefficient (Wildman–Crippen LogP) is 3.71. The molecule has 6 heteroatoms. The zero-order chi connectivity index (χ0) is 17.2. The smallest absolute Gasteiger partial charge is 0.419 e. The number of hydrogen-bond acceptors (Lipinski definition) is 5. The highest BCUT2D eigenvalue weighted by Gasteiger charge is 2.23. The highest BCUT2D eigenvalue weighted by Crippen LogP contribution is 2.22. The van der Waals surface area contributed by atoms with Gasteiger partial charge in [-0.25, -0.2) is 14.2 Å². The number of hydrogen-bond donors (Lipinski definition) is 0. The number of nitrogens with zero attached hydrogens (tertiary/aromatic N) is 2. The average Bonchev–Trinajstić information content (AvgIpc) is 2.82. The van der Waals surface area contributed by atoms with E-state index in [1.807, 2.05) is 30.3 Å². The van der Waals surface area contributed by atoms with E-state index in [1.165, 1.54) is 11.5 Å². The molecule has 0 aliphatic rings. The van der Waals surface area contributed by atoms with Gasteiger partial charge in [0.05, 0.1) is 11.2 Å². The van der Waals surface area contributed by atoms with Crippen LogP contribution in [0.2, 0.25) is 0 Å². The van der Waals surface area contributed by atoms with Crippen LogP contribution in [-0.2, 0) is 14.4 Å². The molecule has 1 heterocycles. The first-order valence-corrected chi connectivity index (χ1v) is 7.25. The van der Waals surface area contributed by atoms with Crippen LogP contribution in [0.5, 0.6) is 0 Å². The fourth-order valence-corrected chi connectivity index (χ4v) is 2.10. The Morgan fingerprint density at radius 1 is 1.13 bits per heavy atom. The van der Waals surface area contributed by atoms with E-state index in [0.29, 0.717) is 16.9 Å². The van der Waals surface area contributed by atoms with Crippen molar-refractivity contribution < 1.29 is 19.2 Å². The average molecular weight is 316 g/mol. The normalized spacial score (nSPS) is 12.3. The van der Waals surface area contributed by atoms with Crippen molar-refractivity contribution in [3.05, 3.63) is 36.0 Å². The molecule has 0 saturated carbocycles. The molecular formula is C17H20N2O4. The van der Waals surface area contributed by atoms with Gasteiger partial charge < -0.3 is 9.57 Å². The van der Waals surface area contributed by atoms with Crippen LogP contribution >= 0.6 is 0 Å². The van der Waals surface area contributed by atoms with Gasteiger partial charge in [-0.05, 0) is 39.8 Å². The quantitative estimate of drug-likeness (QED) is 0.481. The second-order valence-electron chi connectivity index (χ2n) is 6.16. The molecule has 0 radical (unpaired) electrons. The lowest BCUT2D eigenvalue weighted by atomic mass is 10.2. The van der Waals surface area contributed by atoms with Crippen molar-refractivity contribution in [3.63, 3.8) is 0 Å². The fourth-order valence-electron chi connectivity index (χ4n) is 2.10. The molecule has 0 N–H and O–H groups in total. The molecule has 1 aromatic carbocycles. The highest BCUT2D eigenvalue weighted by atomic mass is 16.7. The Kier molecular flexibility index (Phi) is 4.54. The standard InChI is InChI=1S/C17H20N2O4/c1-11(18-23-12(2)20)15-10-13-8-6-7-9-14(13)19(15)16(21)22-17(3,4)5/h6-10H,1-5H3/b18-11+. The highest BCUT2D eigenvalue weighted by molar-refractivity contribution is 6.06. The van der Waals surface area contributed by atoms with E-state index in [1.54, 1.807) is 27.7 Å². The van der Waals surface area contributed by atoms with Crippen LogP contribution < -0.4 is 0 Å². The van der Waals surface area contributed by atoms with Gasteiger partial charge in [-0.3, -0.25) is 0 Å². The SMILES string of the molecule is CC(=O)O/N=C(\C)c1cc2ccccc2n1C(=O)OC(C)(C)C. The molecule has 23 heavy (non-hydrogen) atoms. The molecule has 0 saturated heterocycles. The van der Waals surface area contributed by atoms with E-state index in [0.717, 1.165) is 5.39 Å². The number of carbonyl (C=O) groups is 2. The lowest BCUT2D eigenvalue weighted by Crippen LogP contribution is -2.28. The van der Waals surface area contributed by atoms with Crippen LogP contribution in [0.3, 0.4) is 0 Å². The summed E-state index contributed by atoms with van der Waals surface area (Å²) in [5.74, 6) is -0.524. The Morgan fingerprint density at radius 3 is 2.39 bits per heavy atom. The molecule has 0 aliphatic carbocycles. The number of para-hydroxylation sites is 1. The van der Waals surface area contributed by atoms with Gasteiger partial charge >= 0.3 is 12.1 Å². The topological polar surface area (TPSA) is 69.9 Å². The largest absolute Gasteiger partial charge is 0.443 e. The summed E-state index contributed by atoms with van der Waals surface area (Å²) < 4.78 is 6.90. The summed E-state index contributed by atoms with van der Waals surface area (Å²) in [6.07, 6.45) is -0.508. The maximum atomic E-state index is 12.6. The maximum absolute atomic E-state index is 12.6. The summed E-state index contributed by atoms with van der Waals surface area (Å²) in [6, 6.07) is 9.23. The lowest BCUT2D eigenvalue weighted by Gasteiger charge is -2.20. The Labute approximate surface area is 134 Å². The molecular weight excluding hydrogens is 296 g/mol. The van der Waals surface area contributed by atoms with E-state index < -0.39 is 17.7 Å². The molecule has 0 spiro atoms. The lowest BCUT2D eigenvalue weighted by molar-refractivity contribution is -0.140. The van der Waals surface area contributed by atoms with E-state index in [4.69, 9.17) is 4.74 Å². The second-order valence-corrected chi connectivity index (χ2v) is 6.16. The first-order valence-electron chi connectivity index (χ1n) is 7.25. The van der Waals surface area contributed by atoms with Crippen molar-refractivity contribution >= 4 is 28.7 Å². The minimum absolute atomic E-state index is 0.405. The van der Waals surface area contributed by atoms with Gasteiger partial charge in [0.15, 0.2) is 0 Å². The monoisotopic (exact) mass is 316 g/mol. The van der Waals surface area contributed by atoms with Crippen molar-refractivity contribution in [2.24, 2.45) is 5.16 Å². The van der Waals surface area contributed by atoms with Crippen molar-refractivity contribution in [1.82, 2.24) is 4.57 Å². The van der Waals surface area contributed by atoms with Gasteiger partial charge in [0.1, 0.15) is 11.3 Å². The molecule has 1 aromatic heterocycles. The summed E-state index contributed by atoms with van der Waals surface area (Å²) in [6.45, 7) is 8.33. The third-order valence-electron chi connectivity index (χ3n) is 2.97. The fraction of sp³-hybridized carbons (Fsp3) is 0.353. The van der Waals surface area contributed by atoms with Gasteiger partial charge in [0, 0.05) is 12.3 Å². The number of ether oxygens (including phenoxy) is 1. The molecule has 2 rings (SSSR count). The molecule has 0 amide bonds. The first kappa shape index (κ1) is 16.7. The summed E-state index contributed by atoms with van der Waals surface area (Å²) in [4.78, 5) is 28.2. The van der Waals surface area contributed by atoms with Gasteiger partial charge in [-0.1, -0.05) is 23.4 Å². The molecule has 0 atom stereocenters.